The standard InChI is InChI=1S/C15H28O2/c1-17-15(13-10-6-3-7-11-13)14(16)12-8-4-2-5-9-12/h12-16H,2-11H2,1H3. The molecule has 2 aliphatic rings. The molecule has 0 heterocycles. The van der Waals surface area contributed by atoms with E-state index in [0.29, 0.717) is 11.8 Å². The zero-order valence-electron chi connectivity index (χ0n) is 11.2. The highest BCUT2D eigenvalue weighted by Crippen LogP contribution is 2.35. The Morgan fingerprint density at radius 2 is 1.29 bits per heavy atom. The molecule has 2 fully saturated rings. The van der Waals surface area contributed by atoms with Crippen LogP contribution in [0.1, 0.15) is 64.2 Å². The van der Waals surface area contributed by atoms with Crippen molar-refractivity contribution in [1.82, 2.24) is 0 Å². The molecule has 0 aromatic rings. The minimum absolute atomic E-state index is 0.0957. The molecule has 0 aromatic carbocycles. The summed E-state index contributed by atoms with van der Waals surface area (Å²) in [5, 5.41) is 10.6. The molecule has 100 valence electrons. The molecular weight excluding hydrogens is 212 g/mol. The van der Waals surface area contributed by atoms with E-state index in [1.165, 1.54) is 64.2 Å². The topological polar surface area (TPSA) is 29.5 Å². The van der Waals surface area contributed by atoms with E-state index in [-0.39, 0.29) is 12.2 Å². The van der Waals surface area contributed by atoms with Gasteiger partial charge in [-0.3, -0.25) is 0 Å². The molecule has 0 aliphatic heterocycles. The Balaban J connectivity index is 1.90. The third-order valence-electron chi connectivity index (χ3n) is 4.86. The molecule has 0 aromatic heterocycles. The van der Waals surface area contributed by atoms with Gasteiger partial charge in [0, 0.05) is 7.11 Å². The van der Waals surface area contributed by atoms with Crippen molar-refractivity contribution in [2.45, 2.75) is 76.4 Å². The molecule has 0 radical (unpaired) electrons. The highest BCUT2D eigenvalue weighted by molar-refractivity contribution is 4.85. The molecule has 2 atom stereocenters. The third kappa shape index (κ3) is 3.45. The molecule has 2 rings (SSSR count). The normalized spacial score (nSPS) is 27.9. The average molecular weight is 240 g/mol. The zero-order valence-corrected chi connectivity index (χ0v) is 11.2. The van der Waals surface area contributed by atoms with Crippen molar-refractivity contribution in [2.75, 3.05) is 7.11 Å². The lowest BCUT2D eigenvalue weighted by molar-refractivity contribution is -0.0835. The Labute approximate surface area is 106 Å². The van der Waals surface area contributed by atoms with Crippen molar-refractivity contribution in [3.63, 3.8) is 0 Å². The van der Waals surface area contributed by atoms with Crippen LogP contribution in [0.15, 0.2) is 0 Å². The van der Waals surface area contributed by atoms with Gasteiger partial charge in [0.25, 0.3) is 0 Å². The van der Waals surface area contributed by atoms with Crippen molar-refractivity contribution in [3.05, 3.63) is 0 Å². The number of ether oxygens (including phenoxy) is 1. The van der Waals surface area contributed by atoms with Crippen molar-refractivity contribution < 1.29 is 9.84 Å². The van der Waals surface area contributed by atoms with Crippen LogP contribution < -0.4 is 0 Å². The van der Waals surface area contributed by atoms with Gasteiger partial charge >= 0.3 is 0 Å². The fourth-order valence-corrected chi connectivity index (χ4v) is 3.82. The van der Waals surface area contributed by atoms with Crippen LogP contribution in [-0.2, 0) is 4.74 Å². The summed E-state index contributed by atoms with van der Waals surface area (Å²) in [6.07, 6.45) is 12.7. The van der Waals surface area contributed by atoms with Gasteiger partial charge in [0.2, 0.25) is 0 Å². The number of rotatable bonds is 4. The van der Waals surface area contributed by atoms with Gasteiger partial charge in [0.05, 0.1) is 12.2 Å². The minimum atomic E-state index is -0.219. The van der Waals surface area contributed by atoms with Crippen molar-refractivity contribution in [1.29, 1.82) is 0 Å². The summed E-state index contributed by atoms with van der Waals surface area (Å²) in [5.41, 5.74) is 0. The first-order valence-electron chi connectivity index (χ1n) is 7.54. The second-order valence-electron chi connectivity index (χ2n) is 5.99. The van der Waals surface area contributed by atoms with Crippen LogP contribution in [-0.4, -0.2) is 24.4 Å². The summed E-state index contributed by atoms with van der Waals surface area (Å²) in [4.78, 5) is 0. The van der Waals surface area contributed by atoms with Gasteiger partial charge in [-0.1, -0.05) is 38.5 Å². The van der Waals surface area contributed by atoms with Crippen molar-refractivity contribution in [2.24, 2.45) is 11.8 Å². The molecule has 2 aliphatic carbocycles. The summed E-state index contributed by atoms with van der Waals surface area (Å²) in [7, 11) is 1.78. The summed E-state index contributed by atoms with van der Waals surface area (Å²) in [6, 6.07) is 0. The van der Waals surface area contributed by atoms with E-state index in [9.17, 15) is 5.11 Å². The molecule has 0 bridgehead atoms. The average Bonchev–Trinajstić information content (AvgIpc) is 2.42. The first-order valence-corrected chi connectivity index (χ1v) is 7.54. The lowest BCUT2D eigenvalue weighted by atomic mass is 9.76. The first kappa shape index (κ1) is 13.4. The van der Waals surface area contributed by atoms with Crippen LogP contribution in [0, 0.1) is 11.8 Å². The third-order valence-corrected chi connectivity index (χ3v) is 4.86. The maximum atomic E-state index is 10.6. The molecule has 1 N–H and O–H groups in total. The van der Waals surface area contributed by atoms with Gasteiger partial charge in [-0.15, -0.1) is 0 Å². The monoisotopic (exact) mass is 240 g/mol. The minimum Gasteiger partial charge on any atom is -0.390 e. The maximum Gasteiger partial charge on any atom is 0.0860 e. The second kappa shape index (κ2) is 6.75. The molecular formula is C15H28O2. The van der Waals surface area contributed by atoms with Gasteiger partial charge in [-0.2, -0.15) is 0 Å². The van der Waals surface area contributed by atoms with E-state index in [1.807, 2.05) is 0 Å². The highest BCUT2D eigenvalue weighted by Gasteiger charge is 2.34. The van der Waals surface area contributed by atoms with Crippen LogP contribution in [0.5, 0.6) is 0 Å². The number of aliphatic hydroxyl groups is 1. The summed E-state index contributed by atoms with van der Waals surface area (Å²) in [5.74, 6) is 1.10. The fourth-order valence-electron chi connectivity index (χ4n) is 3.82. The van der Waals surface area contributed by atoms with Crippen molar-refractivity contribution >= 4 is 0 Å². The predicted octanol–water partition coefficient (Wildman–Crippen LogP) is 3.52. The van der Waals surface area contributed by atoms with Crippen LogP contribution in [0.25, 0.3) is 0 Å². The van der Waals surface area contributed by atoms with E-state index < -0.39 is 0 Å². The number of hydrogen-bond acceptors (Lipinski definition) is 2. The molecule has 2 unspecified atom stereocenters. The molecule has 0 saturated heterocycles. The summed E-state index contributed by atoms with van der Waals surface area (Å²) < 4.78 is 5.65. The van der Waals surface area contributed by atoms with Gasteiger partial charge < -0.3 is 9.84 Å². The Kier molecular flexibility index (Phi) is 5.30. The Bertz CT molecular complexity index is 205. The Morgan fingerprint density at radius 3 is 1.76 bits per heavy atom. The Morgan fingerprint density at radius 1 is 0.824 bits per heavy atom. The SMILES string of the molecule is COC(C1CCCCC1)C(O)C1CCCCC1. The highest BCUT2D eigenvalue weighted by atomic mass is 16.5. The van der Waals surface area contributed by atoms with E-state index in [0.717, 1.165) is 0 Å². The van der Waals surface area contributed by atoms with Gasteiger partial charge in [-0.25, -0.2) is 0 Å². The summed E-state index contributed by atoms with van der Waals surface area (Å²) >= 11 is 0. The Hall–Kier alpha value is -0.0800. The zero-order chi connectivity index (χ0) is 12.1. The predicted molar refractivity (Wildman–Crippen MR) is 70.0 cm³/mol. The fraction of sp³-hybridized carbons (Fsp3) is 1.00. The van der Waals surface area contributed by atoms with Crippen LogP contribution in [0.2, 0.25) is 0 Å². The van der Waals surface area contributed by atoms with Gasteiger partial charge in [0.15, 0.2) is 0 Å². The number of hydrogen-bond donors (Lipinski definition) is 1. The molecule has 2 nitrogen and oxygen atoms in total. The largest absolute Gasteiger partial charge is 0.390 e. The molecule has 2 saturated carbocycles. The van der Waals surface area contributed by atoms with Crippen LogP contribution >= 0.6 is 0 Å². The van der Waals surface area contributed by atoms with E-state index in [4.69, 9.17) is 4.74 Å². The smallest absolute Gasteiger partial charge is 0.0860 e. The first-order chi connectivity index (χ1) is 8.33. The van der Waals surface area contributed by atoms with Gasteiger partial charge in [0.1, 0.15) is 0 Å². The number of methoxy groups -OCH3 is 1. The molecule has 2 heteroatoms. The van der Waals surface area contributed by atoms with E-state index >= 15 is 0 Å². The number of aliphatic hydroxyl groups excluding tert-OH is 1. The molecule has 0 spiro atoms. The molecule has 17 heavy (non-hydrogen) atoms. The summed E-state index contributed by atoms with van der Waals surface area (Å²) in [6.45, 7) is 0. The quantitative estimate of drug-likeness (QED) is 0.814. The molecule has 0 amide bonds. The lowest BCUT2D eigenvalue weighted by Gasteiger charge is -2.37. The van der Waals surface area contributed by atoms with Gasteiger partial charge in [-0.05, 0) is 37.5 Å². The van der Waals surface area contributed by atoms with Crippen LogP contribution in [0.3, 0.4) is 0 Å². The van der Waals surface area contributed by atoms with E-state index in [2.05, 4.69) is 0 Å². The van der Waals surface area contributed by atoms with Crippen LogP contribution in [0.4, 0.5) is 0 Å². The second-order valence-corrected chi connectivity index (χ2v) is 5.99. The lowest BCUT2D eigenvalue weighted by Crippen LogP contribution is -2.41. The maximum absolute atomic E-state index is 10.6. The van der Waals surface area contributed by atoms with Crippen molar-refractivity contribution in [3.8, 4) is 0 Å². The van der Waals surface area contributed by atoms with E-state index in [1.54, 1.807) is 7.11 Å².